The van der Waals surface area contributed by atoms with E-state index in [1.165, 1.54) is 19.3 Å². The Balaban J connectivity index is 1.36. The van der Waals surface area contributed by atoms with Crippen LogP contribution >= 0.6 is 0 Å². The summed E-state index contributed by atoms with van der Waals surface area (Å²) in [6, 6.07) is 2.18. The number of aromatic nitrogens is 4. The molecule has 2 aromatic rings. The van der Waals surface area contributed by atoms with Crippen LogP contribution in [0.15, 0.2) is 6.07 Å². The summed E-state index contributed by atoms with van der Waals surface area (Å²) >= 11 is 0. The highest BCUT2D eigenvalue weighted by molar-refractivity contribution is 5.91. The van der Waals surface area contributed by atoms with Crippen molar-refractivity contribution in [3.05, 3.63) is 23.3 Å². The number of rotatable bonds is 2. The van der Waals surface area contributed by atoms with Gasteiger partial charge < -0.3 is 15.1 Å². The van der Waals surface area contributed by atoms with Gasteiger partial charge in [0.15, 0.2) is 0 Å². The average molecular weight is 385 g/mol. The van der Waals surface area contributed by atoms with Crippen molar-refractivity contribution < 1.29 is 9.59 Å². The van der Waals surface area contributed by atoms with Crippen LogP contribution in [0.3, 0.4) is 0 Å². The summed E-state index contributed by atoms with van der Waals surface area (Å²) < 4.78 is 1.59. The first-order valence-electron chi connectivity index (χ1n) is 10.1. The van der Waals surface area contributed by atoms with Crippen molar-refractivity contribution in [3.63, 3.8) is 0 Å². The van der Waals surface area contributed by atoms with Crippen LogP contribution in [-0.4, -0.2) is 73.5 Å². The fourth-order valence-electron chi connectivity index (χ4n) is 4.02. The van der Waals surface area contributed by atoms with Gasteiger partial charge in [-0.05, 0) is 32.8 Å². The molecule has 2 aromatic heterocycles. The quantitative estimate of drug-likeness (QED) is 0.846. The first-order valence-corrected chi connectivity index (χ1v) is 10.1. The van der Waals surface area contributed by atoms with Gasteiger partial charge in [0.05, 0.1) is 0 Å². The number of carbonyl (C=O) groups excluding carboxylic acids is 2. The molecule has 150 valence electrons. The van der Waals surface area contributed by atoms with Crippen LogP contribution in [-0.2, 0) is 0 Å². The van der Waals surface area contributed by atoms with Crippen LogP contribution in [0.5, 0.6) is 0 Å². The third-order valence-electron chi connectivity index (χ3n) is 5.60. The molecule has 3 heterocycles. The molecular formula is C19H27N7O2. The minimum Gasteiger partial charge on any atom is -0.335 e. The summed E-state index contributed by atoms with van der Waals surface area (Å²) in [5.74, 6) is 0.377. The SMILES string of the molecule is Cc1cc(C)n2nc(C(=O)N3CCN(C(=O)NC4CCCCC4)CC3)nc2n1. The topological polar surface area (TPSA) is 95.7 Å². The number of nitrogens with zero attached hydrogens (tertiary/aromatic N) is 6. The van der Waals surface area contributed by atoms with E-state index in [0.29, 0.717) is 38.0 Å². The van der Waals surface area contributed by atoms with Gasteiger partial charge in [-0.1, -0.05) is 19.3 Å². The van der Waals surface area contributed by atoms with E-state index in [0.717, 1.165) is 24.2 Å². The molecule has 9 nitrogen and oxygen atoms in total. The van der Waals surface area contributed by atoms with Gasteiger partial charge in [0, 0.05) is 43.6 Å². The Bertz CT molecular complexity index is 880. The summed E-state index contributed by atoms with van der Waals surface area (Å²) in [6.45, 7) is 5.81. The molecule has 0 unspecified atom stereocenters. The van der Waals surface area contributed by atoms with Crippen LogP contribution < -0.4 is 5.32 Å². The summed E-state index contributed by atoms with van der Waals surface area (Å²) in [4.78, 5) is 37.4. The highest BCUT2D eigenvalue weighted by Crippen LogP contribution is 2.18. The van der Waals surface area contributed by atoms with Gasteiger partial charge in [-0.25, -0.2) is 14.3 Å². The van der Waals surface area contributed by atoms with Crippen LogP contribution in [0.2, 0.25) is 0 Å². The zero-order valence-corrected chi connectivity index (χ0v) is 16.5. The summed E-state index contributed by atoms with van der Waals surface area (Å²) in [7, 11) is 0. The Morgan fingerprint density at radius 2 is 1.68 bits per heavy atom. The van der Waals surface area contributed by atoms with Gasteiger partial charge in [0.1, 0.15) is 0 Å². The lowest BCUT2D eigenvalue weighted by Gasteiger charge is -2.35. The molecule has 4 rings (SSSR count). The fourth-order valence-corrected chi connectivity index (χ4v) is 4.02. The number of aryl methyl sites for hydroxylation is 2. The number of nitrogens with one attached hydrogen (secondary N) is 1. The smallest absolute Gasteiger partial charge is 0.317 e. The zero-order chi connectivity index (χ0) is 19.7. The first-order chi connectivity index (χ1) is 13.5. The second kappa shape index (κ2) is 7.73. The number of carbonyl (C=O) groups is 2. The van der Waals surface area contributed by atoms with Crippen molar-refractivity contribution in [1.29, 1.82) is 0 Å². The molecule has 0 bridgehead atoms. The lowest BCUT2D eigenvalue weighted by Crippen LogP contribution is -2.54. The van der Waals surface area contributed by atoms with E-state index in [4.69, 9.17) is 0 Å². The molecule has 1 aliphatic carbocycles. The summed E-state index contributed by atoms with van der Waals surface area (Å²) in [5.41, 5.74) is 1.73. The predicted molar refractivity (Wildman–Crippen MR) is 103 cm³/mol. The summed E-state index contributed by atoms with van der Waals surface area (Å²) in [6.07, 6.45) is 5.77. The molecule has 1 aliphatic heterocycles. The highest BCUT2D eigenvalue weighted by Gasteiger charge is 2.28. The maximum absolute atomic E-state index is 12.8. The van der Waals surface area contributed by atoms with Crippen LogP contribution in [0.1, 0.15) is 54.1 Å². The van der Waals surface area contributed by atoms with E-state index in [2.05, 4.69) is 20.4 Å². The van der Waals surface area contributed by atoms with E-state index < -0.39 is 0 Å². The van der Waals surface area contributed by atoms with Crippen molar-refractivity contribution in [1.82, 2.24) is 34.7 Å². The molecule has 28 heavy (non-hydrogen) atoms. The molecule has 1 saturated heterocycles. The number of fused-ring (bicyclic) bond motifs is 1. The normalized spacial score (nSPS) is 18.5. The van der Waals surface area contributed by atoms with Crippen molar-refractivity contribution >= 4 is 17.7 Å². The van der Waals surface area contributed by atoms with Crippen LogP contribution in [0, 0.1) is 13.8 Å². The maximum atomic E-state index is 12.8. The van der Waals surface area contributed by atoms with Gasteiger partial charge in [-0.2, -0.15) is 4.98 Å². The third-order valence-corrected chi connectivity index (χ3v) is 5.60. The van der Waals surface area contributed by atoms with Crippen molar-refractivity contribution in [2.45, 2.75) is 52.0 Å². The third kappa shape index (κ3) is 3.79. The second-order valence-corrected chi connectivity index (χ2v) is 7.75. The van der Waals surface area contributed by atoms with E-state index >= 15 is 0 Å². The fraction of sp³-hybridized carbons (Fsp3) is 0.632. The molecule has 0 atom stereocenters. The maximum Gasteiger partial charge on any atom is 0.317 e. The van der Waals surface area contributed by atoms with Crippen molar-refractivity contribution in [2.75, 3.05) is 26.2 Å². The predicted octanol–water partition coefficient (Wildman–Crippen LogP) is 1.54. The molecule has 0 spiro atoms. The first kappa shape index (κ1) is 18.6. The molecule has 0 aromatic carbocycles. The Morgan fingerprint density at radius 3 is 2.39 bits per heavy atom. The Labute approximate surface area is 164 Å². The van der Waals surface area contributed by atoms with Gasteiger partial charge >= 0.3 is 6.03 Å². The van der Waals surface area contributed by atoms with Crippen LogP contribution in [0.25, 0.3) is 5.78 Å². The minimum absolute atomic E-state index is 0.0137. The summed E-state index contributed by atoms with van der Waals surface area (Å²) in [5, 5.41) is 7.46. The van der Waals surface area contributed by atoms with Crippen molar-refractivity contribution in [3.8, 4) is 0 Å². The Kier molecular flexibility index (Phi) is 5.15. The lowest BCUT2D eigenvalue weighted by atomic mass is 9.96. The average Bonchev–Trinajstić information content (AvgIpc) is 3.13. The standard InChI is InChI=1S/C19H27N7O2/c1-13-12-14(2)26-18(20-13)22-16(23-26)17(27)24-8-10-25(11-9-24)19(28)21-15-6-4-3-5-7-15/h12,15H,3-11H2,1-2H3,(H,21,28). The molecule has 9 heteroatoms. The molecule has 1 saturated carbocycles. The number of hydrogen-bond donors (Lipinski definition) is 1. The monoisotopic (exact) mass is 385 g/mol. The molecule has 2 aliphatic rings. The number of amides is 3. The second-order valence-electron chi connectivity index (χ2n) is 7.75. The van der Waals surface area contributed by atoms with E-state index in [1.807, 2.05) is 19.9 Å². The van der Waals surface area contributed by atoms with E-state index in [9.17, 15) is 9.59 Å². The highest BCUT2D eigenvalue weighted by atomic mass is 16.2. The number of hydrogen-bond acceptors (Lipinski definition) is 5. The van der Waals surface area contributed by atoms with E-state index in [1.54, 1.807) is 14.3 Å². The largest absolute Gasteiger partial charge is 0.335 e. The number of piperazine rings is 1. The molecule has 3 amide bonds. The molecule has 2 fully saturated rings. The lowest BCUT2D eigenvalue weighted by molar-refractivity contribution is 0.0651. The van der Waals surface area contributed by atoms with Gasteiger partial charge in [-0.3, -0.25) is 4.79 Å². The van der Waals surface area contributed by atoms with Gasteiger partial charge in [0.25, 0.3) is 11.7 Å². The Hall–Kier alpha value is -2.71. The van der Waals surface area contributed by atoms with Crippen LogP contribution in [0.4, 0.5) is 4.79 Å². The zero-order valence-electron chi connectivity index (χ0n) is 16.5. The molecule has 0 radical (unpaired) electrons. The Morgan fingerprint density at radius 1 is 1.00 bits per heavy atom. The minimum atomic E-state index is -0.213. The van der Waals surface area contributed by atoms with Crippen molar-refractivity contribution in [2.24, 2.45) is 0 Å². The van der Waals surface area contributed by atoms with Gasteiger partial charge in [0.2, 0.25) is 5.82 Å². The number of urea groups is 1. The molecular weight excluding hydrogens is 358 g/mol. The van der Waals surface area contributed by atoms with E-state index in [-0.39, 0.29) is 17.8 Å². The molecule has 1 N–H and O–H groups in total. The van der Waals surface area contributed by atoms with Gasteiger partial charge in [-0.15, -0.1) is 5.10 Å².